The van der Waals surface area contributed by atoms with Crippen LogP contribution in [0.5, 0.6) is 0 Å². The highest BCUT2D eigenvalue weighted by Crippen LogP contribution is 2.35. The maximum Gasteiger partial charge on any atom is 0.271 e. The Morgan fingerprint density at radius 1 is 0.800 bits per heavy atom. The topological polar surface area (TPSA) is 162 Å². The number of carbonyl (C=O) groups excluding carboxylic acids is 5. The zero-order valence-electron chi connectivity index (χ0n) is 31.5. The van der Waals surface area contributed by atoms with Gasteiger partial charge in [-0.2, -0.15) is 0 Å². The van der Waals surface area contributed by atoms with Gasteiger partial charge in [-0.1, -0.05) is 80.9 Å². The molecule has 55 heavy (non-hydrogen) atoms. The molecular formula is C41H49N7O6S. The average molecular weight is 768 g/mol. The number of nitrogens with zero attached hydrogens (tertiary/aromatic N) is 4. The zero-order valence-corrected chi connectivity index (χ0v) is 32.3. The minimum absolute atomic E-state index is 0.115. The van der Waals surface area contributed by atoms with Crippen LogP contribution >= 0.6 is 11.3 Å². The number of hydrogen-bond acceptors (Lipinski definition) is 9. The van der Waals surface area contributed by atoms with Gasteiger partial charge < -0.3 is 30.5 Å². The van der Waals surface area contributed by atoms with Gasteiger partial charge in [0, 0.05) is 31.3 Å². The van der Waals surface area contributed by atoms with Crippen LogP contribution in [0.1, 0.15) is 85.5 Å². The predicted octanol–water partition coefficient (Wildman–Crippen LogP) is 3.60. The van der Waals surface area contributed by atoms with Crippen LogP contribution in [0.15, 0.2) is 71.0 Å². The zero-order chi connectivity index (χ0) is 38.6. The molecule has 4 aliphatic rings. The van der Waals surface area contributed by atoms with E-state index in [1.54, 1.807) is 22.1 Å². The molecule has 0 radical (unpaired) electrons. The van der Waals surface area contributed by atoms with Gasteiger partial charge in [0.15, 0.2) is 6.04 Å². The standard InChI is InChI=1S/C41H49N7O6S/c1-4-24(2)33-38-46-34(25(3)54-38)37(51)43-29(22-27-15-9-6-10-16-27)41(53)48-20-12-18-32(48)39-44-30(23-55-39)35(49)42-28(21-26-13-7-5-8-14-26)40(52)47-19-11-17-31(47)36(50)45-33/h5-10,13-16,23-25,28-29,31-34H,4,11-12,17-22H2,1-3H3,(H,42,49)(H,43,51)(H,45,50)/t24?,25-,28+,29+,31+,32+,33+,34+/m1/s1. The van der Waals surface area contributed by atoms with Crippen molar-refractivity contribution in [1.82, 2.24) is 30.7 Å². The summed E-state index contributed by atoms with van der Waals surface area (Å²) in [6.07, 6.45) is 2.98. The Balaban J connectivity index is 1.27. The van der Waals surface area contributed by atoms with Gasteiger partial charge in [-0.25, -0.2) is 9.98 Å². The third-order valence-electron chi connectivity index (χ3n) is 11.3. The van der Waals surface area contributed by atoms with Crippen LogP contribution in [-0.4, -0.2) is 99.6 Å². The second-order valence-corrected chi connectivity index (χ2v) is 15.9. The summed E-state index contributed by atoms with van der Waals surface area (Å²) in [7, 11) is 0. The number of hydrogen-bond donors (Lipinski definition) is 3. The first kappa shape index (κ1) is 38.2. The lowest BCUT2D eigenvalue weighted by molar-refractivity contribution is -0.140. The van der Waals surface area contributed by atoms with E-state index in [1.807, 2.05) is 74.5 Å². The molecule has 4 aliphatic heterocycles. The summed E-state index contributed by atoms with van der Waals surface area (Å²) in [5.41, 5.74) is 1.90. The van der Waals surface area contributed by atoms with Crippen LogP contribution in [0.25, 0.3) is 0 Å². The highest BCUT2D eigenvalue weighted by Gasteiger charge is 2.44. The quantitative estimate of drug-likeness (QED) is 0.346. The molecule has 13 nitrogen and oxygen atoms in total. The van der Waals surface area contributed by atoms with Gasteiger partial charge in [-0.05, 0) is 49.7 Å². The Bertz CT molecular complexity index is 1920. The minimum Gasteiger partial charge on any atom is -0.474 e. The van der Waals surface area contributed by atoms with Gasteiger partial charge in [-0.3, -0.25) is 24.0 Å². The van der Waals surface area contributed by atoms with E-state index in [-0.39, 0.29) is 54.1 Å². The summed E-state index contributed by atoms with van der Waals surface area (Å²) in [5.74, 6) is -1.78. The summed E-state index contributed by atoms with van der Waals surface area (Å²) in [6.45, 7) is 6.57. The molecule has 290 valence electrons. The van der Waals surface area contributed by atoms with E-state index in [0.717, 1.165) is 17.5 Å². The molecule has 0 aliphatic carbocycles. The molecule has 2 saturated heterocycles. The van der Waals surface area contributed by atoms with E-state index in [1.165, 1.54) is 11.3 Å². The SMILES string of the molecule is CCC(C)[C@@H]1NC(=O)[C@@H]2CCCN2C(=O)[C@H](Cc2ccccc2)NC(=O)c2csc(n2)[C@@H]2CCCN2C(=O)[C@H](Cc2ccccc2)NC(=O)[C@H]2N=C1O[C@@H]2C. The third-order valence-corrected chi connectivity index (χ3v) is 12.2. The Hall–Kier alpha value is -5.11. The third kappa shape index (κ3) is 8.29. The van der Waals surface area contributed by atoms with E-state index in [4.69, 9.17) is 14.7 Å². The molecule has 3 N–H and O–H groups in total. The van der Waals surface area contributed by atoms with Crippen molar-refractivity contribution in [3.05, 3.63) is 87.9 Å². The first-order chi connectivity index (χ1) is 26.6. The summed E-state index contributed by atoms with van der Waals surface area (Å²) >= 11 is 1.29. The van der Waals surface area contributed by atoms with Crippen molar-refractivity contribution in [2.75, 3.05) is 13.1 Å². The van der Waals surface area contributed by atoms with Crippen LogP contribution in [0.3, 0.4) is 0 Å². The van der Waals surface area contributed by atoms with E-state index >= 15 is 0 Å². The smallest absolute Gasteiger partial charge is 0.271 e. The number of fused-ring (bicyclic) bond motifs is 6. The van der Waals surface area contributed by atoms with Crippen LogP contribution in [0.4, 0.5) is 0 Å². The fourth-order valence-electron chi connectivity index (χ4n) is 8.01. The molecule has 4 bridgehead atoms. The average Bonchev–Trinajstić information content (AvgIpc) is 4.03. The molecule has 8 atom stereocenters. The first-order valence-electron chi connectivity index (χ1n) is 19.4. The molecule has 5 amide bonds. The largest absolute Gasteiger partial charge is 0.474 e. The lowest BCUT2D eigenvalue weighted by atomic mass is 9.98. The Kier molecular flexibility index (Phi) is 11.6. The van der Waals surface area contributed by atoms with Gasteiger partial charge in [-0.15, -0.1) is 11.3 Å². The van der Waals surface area contributed by atoms with E-state index in [2.05, 4.69) is 16.0 Å². The predicted molar refractivity (Wildman–Crippen MR) is 207 cm³/mol. The van der Waals surface area contributed by atoms with Gasteiger partial charge in [0.1, 0.15) is 41.0 Å². The fourth-order valence-corrected chi connectivity index (χ4v) is 8.96. The highest BCUT2D eigenvalue weighted by atomic mass is 32.1. The van der Waals surface area contributed by atoms with Crippen molar-refractivity contribution >= 4 is 46.8 Å². The van der Waals surface area contributed by atoms with Crippen molar-refractivity contribution in [2.24, 2.45) is 10.9 Å². The normalized spacial score (nSPS) is 28.2. The second kappa shape index (κ2) is 16.7. The molecule has 5 heterocycles. The number of aromatic nitrogens is 1. The van der Waals surface area contributed by atoms with Crippen LogP contribution in [0, 0.1) is 5.92 Å². The molecule has 0 saturated carbocycles. The van der Waals surface area contributed by atoms with Gasteiger partial charge in [0.25, 0.3) is 5.91 Å². The van der Waals surface area contributed by atoms with Crippen LogP contribution < -0.4 is 16.0 Å². The molecule has 14 heteroatoms. The van der Waals surface area contributed by atoms with Crippen molar-refractivity contribution in [3.63, 3.8) is 0 Å². The number of nitrogens with one attached hydrogen (secondary N) is 3. The fraction of sp³-hybridized carbons (Fsp3) is 0.488. The maximum atomic E-state index is 14.5. The van der Waals surface area contributed by atoms with Crippen LogP contribution in [0.2, 0.25) is 0 Å². The molecule has 7 rings (SSSR count). The number of amides is 5. The number of carbonyl (C=O) groups is 5. The van der Waals surface area contributed by atoms with Gasteiger partial charge in [0.2, 0.25) is 29.5 Å². The number of thiazole rings is 1. The van der Waals surface area contributed by atoms with E-state index < -0.39 is 48.1 Å². The molecular weight excluding hydrogens is 719 g/mol. The van der Waals surface area contributed by atoms with E-state index in [9.17, 15) is 24.0 Å². The molecule has 0 spiro atoms. The van der Waals surface area contributed by atoms with Crippen molar-refractivity contribution in [2.45, 2.75) is 108 Å². The van der Waals surface area contributed by atoms with E-state index in [0.29, 0.717) is 43.8 Å². The van der Waals surface area contributed by atoms with Crippen molar-refractivity contribution in [3.8, 4) is 0 Å². The monoisotopic (exact) mass is 767 g/mol. The number of rotatable bonds is 6. The lowest BCUT2D eigenvalue weighted by Crippen LogP contribution is -2.56. The summed E-state index contributed by atoms with van der Waals surface area (Å²) < 4.78 is 6.23. The summed E-state index contributed by atoms with van der Waals surface area (Å²) in [6, 6.07) is 14.4. The molecule has 1 aromatic heterocycles. The Morgan fingerprint density at radius 3 is 2.00 bits per heavy atom. The van der Waals surface area contributed by atoms with Crippen LogP contribution in [-0.2, 0) is 36.8 Å². The molecule has 2 aromatic carbocycles. The molecule has 2 fully saturated rings. The summed E-state index contributed by atoms with van der Waals surface area (Å²) in [5, 5.41) is 11.4. The Morgan fingerprint density at radius 2 is 1.38 bits per heavy atom. The highest BCUT2D eigenvalue weighted by molar-refractivity contribution is 7.09. The van der Waals surface area contributed by atoms with Gasteiger partial charge >= 0.3 is 0 Å². The lowest BCUT2D eigenvalue weighted by Gasteiger charge is -2.31. The molecule has 1 unspecified atom stereocenters. The van der Waals surface area contributed by atoms with Gasteiger partial charge in [0.05, 0.1) is 6.04 Å². The number of benzene rings is 2. The second-order valence-electron chi connectivity index (χ2n) is 15.0. The van der Waals surface area contributed by atoms with Crippen molar-refractivity contribution in [1.29, 1.82) is 0 Å². The Labute approximate surface area is 325 Å². The number of ether oxygens (including phenoxy) is 1. The molecule has 3 aromatic rings. The minimum atomic E-state index is -0.961. The first-order valence-corrected chi connectivity index (χ1v) is 20.3. The maximum absolute atomic E-state index is 14.5. The number of aliphatic imine (C=N–C) groups is 1. The van der Waals surface area contributed by atoms with Crippen molar-refractivity contribution < 1.29 is 28.7 Å². The summed E-state index contributed by atoms with van der Waals surface area (Å²) in [4.78, 5) is 83.8.